The number of hydrogen-bond donors (Lipinski definition) is 1. The summed E-state index contributed by atoms with van der Waals surface area (Å²) in [5, 5.41) is 0. The van der Waals surface area contributed by atoms with Gasteiger partial charge in [-0.3, -0.25) is 4.90 Å². The summed E-state index contributed by atoms with van der Waals surface area (Å²) >= 11 is 5.21. The summed E-state index contributed by atoms with van der Waals surface area (Å²) in [5.41, 5.74) is 10.5. The van der Waals surface area contributed by atoms with Crippen LogP contribution in [0.3, 0.4) is 0 Å². The lowest BCUT2D eigenvalue weighted by atomic mass is 9.80. The van der Waals surface area contributed by atoms with Crippen molar-refractivity contribution in [3.63, 3.8) is 0 Å². The SMILES string of the molecule is CC1(C(N)=S)CCN(Cc2ccc3c(c2)CCC3)CC1. The molecular formula is C17H24N2S. The van der Waals surface area contributed by atoms with E-state index in [-0.39, 0.29) is 5.41 Å². The molecule has 0 aromatic heterocycles. The zero-order chi connectivity index (χ0) is 14.2. The number of piperidine rings is 1. The van der Waals surface area contributed by atoms with Crippen LogP contribution in [0.1, 0.15) is 42.9 Å². The van der Waals surface area contributed by atoms with Crippen LogP contribution in [0.4, 0.5) is 0 Å². The fraction of sp³-hybridized carbons (Fsp3) is 0.588. The van der Waals surface area contributed by atoms with Gasteiger partial charge in [0.2, 0.25) is 0 Å². The molecule has 1 aromatic rings. The van der Waals surface area contributed by atoms with Gasteiger partial charge in [0.1, 0.15) is 0 Å². The first-order valence-corrected chi connectivity index (χ1v) is 8.11. The molecular weight excluding hydrogens is 264 g/mol. The Morgan fingerprint density at radius 3 is 2.65 bits per heavy atom. The van der Waals surface area contributed by atoms with Crippen LogP contribution in [0.2, 0.25) is 0 Å². The number of nitrogens with zero attached hydrogens (tertiary/aromatic N) is 1. The van der Waals surface area contributed by atoms with E-state index < -0.39 is 0 Å². The Morgan fingerprint density at radius 1 is 1.25 bits per heavy atom. The first-order valence-electron chi connectivity index (χ1n) is 7.70. The Labute approximate surface area is 127 Å². The van der Waals surface area contributed by atoms with Gasteiger partial charge in [-0.1, -0.05) is 37.3 Å². The van der Waals surface area contributed by atoms with Gasteiger partial charge in [0.15, 0.2) is 0 Å². The van der Waals surface area contributed by atoms with E-state index in [1.54, 1.807) is 11.1 Å². The van der Waals surface area contributed by atoms with E-state index >= 15 is 0 Å². The lowest BCUT2D eigenvalue weighted by Crippen LogP contribution is -2.44. The minimum absolute atomic E-state index is 0.0732. The third-order valence-corrected chi connectivity index (χ3v) is 5.62. The average Bonchev–Trinajstić information content (AvgIpc) is 2.89. The lowest BCUT2D eigenvalue weighted by molar-refractivity contribution is 0.158. The summed E-state index contributed by atoms with van der Waals surface area (Å²) in [7, 11) is 0. The van der Waals surface area contributed by atoms with Gasteiger partial charge in [-0.15, -0.1) is 0 Å². The molecule has 2 N–H and O–H groups in total. The average molecular weight is 288 g/mol. The molecule has 1 heterocycles. The first-order chi connectivity index (χ1) is 9.57. The maximum atomic E-state index is 5.87. The number of hydrogen-bond acceptors (Lipinski definition) is 2. The van der Waals surface area contributed by atoms with Gasteiger partial charge in [-0.25, -0.2) is 0 Å². The Hall–Kier alpha value is -0.930. The molecule has 108 valence electrons. The number of benzene rings is 1. The van der Waals surface area contributed by atoms with Crippen molar-refractivity contribution >= 4 is 17.2 Å². The van der Waals surface area contributed by atoms with Crippen molar-refractivity contribution in [1.29, 1.82) is 0 Å². The van der Waals surface area contributed by atoms with Crippen LogP contribution in [-0.4, -0.2) is 23.0 Å². The lowest BCUT2D eigenvalue weighted by Gasteiger charge is -2.38. The summed E-state index contributed by atoms with van der Waals surface area (Å²) in [4.78, 5) is 3.23. The van der Waals surface area contributed by atoms with Gasteiger partial charge in [-0.05, 0) is 61.9 Å². The Morgan fingerprint density at radius 2 is 1.95 bits per heavy atom. The van der Waals surface area contributed by atoms with E-state index in [9.17, 15) is 0 Å². The maximum absolute atomic E-state index is 5.87. The summed E-state index contributed by atoms with van der Waals surface area (Å²) < 4.78 is 0. The van der Waals surface area contributed by atoms with Crippen LogP contribution in [-0.2, 0) is 19.4 Å². The van der Waals surface area contributed by atoms with Crippen LogP contribution < -0.4 is 5.73 Å². The van der Waals surface area contributed by atoms with E-state index in [0.717, 1.165) is 32.5 Å². The van der Waals surface area contributed by atoms with Crippen molar-refractivity contribution < 1.29 is 0 Å². The van der Waals surface area contributed by atoms with E-state index in [2.05, 4.69) is 30.0 Å². The minimum Gasteiger partial charge on any atom is -0.393 e. The largest absolute Gasteiger partial charge is 0.393 e. The summed E-state index contributed by atoms with van der Waals surface area (Å²) in [6, 6.07) is 7.07. The van der Waals surface area contributed by atoms with Crippen LogP contribution in [0.25, 0.3) is 0 Å². The van der Waals surface area contributed by atoms with Gasteiger partial charge in [0.05, 0.1) is 4.99 Å². The molecule has 0 atom stereocenters. The monoisotopic (exact) mass is 288 g/mol. The normalized spacial score (nSPS) is 21.6. The summed E-state index contributed by atoms with van der Waals surface area (Å²) in [5.74, 6) is 0. The summed E-state index contributed by atoms with van der Waals surface area (Å²) in [6.45, 7) is 5.48. The highest BCUT2D eigenvalue weighted by molar-refractivity contribution is 7.80. The number of nitrogens with two attached hydrogens (primary N) is 1. The van der Waals surface area contributed by atoms with E-state index in [1.807, 2.05) is 0 Å². The second kappa shape index (κ2) is 5.45. The molecule has 1 aliphatic heterocycles. The smallest absolute Gasteiger partial charge is 0.0788 e. The molecule has 3 heteroatoms. The van der Waals surface area contributed by atoms with Gasteiger partial charge < -0.3 is 5.73 Å². The van der Waals surface area contributed by atoms with Crippen molar-refractivity contribution in [2.75, 3.05) is 13.1 Å². The van der Waals surface area contributed by atoms with Gasteiger partial charge >= 0.3 is 0 Å². The summed E-state index contributed by atoms with van der Waals surface area (Å²) in [6.07, 6.45) is 6.05. The van der Waals surface area contributed by atoms with E-state index in [0.29, 0.717) is 4.99 Å². The molecule has 1 fully saturated rings. The fourth-order valence-corrected chi connectivity index (χ4v) is 3.64. The molecule has 2 aliphatic rings. The topological polar surface area (TPSA) is 29.3 Å². The highest BCUT2D eigenvalue weighted by Crippen LogP contribution is 2.32. The molecule has 0 amide bonds. The number of aryl methyl sites for hydroxylation is 2. The quantitative estimate of drug-likeness (QED) is 0.867. The number of thiocarbonyl (C=S) groups is 1. The number of fused-ring (bicyclic) bond motifs is 1. The number of rotatable bonds is 3. The molecule has 0 spiro atoms. The van der Waals surface area contributed by atoms with E-state index in [1.165, 1.54) is 24.8 Å². The van der Waals surface area contributed by atoms with Crippen molar-refractivity contribution in [1.82, 2.24) is 4.90 Å². The second-order valence-corrected chi connectivity index (χ2v) is 7.10. The third kappa shape index (κ3) is 2.75. The van der Waals surface area contributed by atoms with Crippen LogP contribution >= 0.6 is 12.2 Å². The fourth-order valence-electron chi connectivity index (χ4n) is 3.43. The first kappa shape index (κ1) is 14.0. The Bertz CT molecular complexity index is 516. The molecule has 20 heavy (non-hydrogen) atoms. The zero-order valence-electron chi connectivity index (χ0n) is 12.3. The molecule has 0 bridgehead atoms. The highest BCUT2D eigenvalue weighted by Gasteiger charge is 2.32. The number of likely N-dealkylation sites (tertiary alicyclic amines) is 1. The van der Waals surface area contributed by atoms with Gasteiger partial charge in [0, 0.05) is 12.0 Å². The Balaban J connectivity index is 1.61. The molecule has 2 nitrogen and oxygen atoms in total. The zero-order valence-corrected chi connectivity index (χ0v) is 13.1. The van der Waals surface area contributed by atoms with Gasteiger partial charge in [0.25, 0.3) is 0 Å². The molecule has 1 saturated heterocycles. The second-order valence-electron chi connectivity index (χ2n) is 6.66. The highest BCUT2D eigenvalue weighted by atomic mass is 32.1. The van der Waals surface area contributed by atoms with Crippen LogP contribution in [0.5, 0.6) is 0 Å². The van der Waals surface area contributed by atoms with Crippen molar-refractivity contribution in [2.24, 2.45) is 11.1 Å². The van der Waals surface area contributed by atoms with Crippen molar-refractivity contribution in [3.05, 3.63) is 34.9 Å². The standard InChI is InChI=1S/C17H24N2S/c1-17(16(18)20)7-9-19(10-8-17)12-13-5-6-14-3-2-4-15(14)11-13/h5-6,11H,2-4,7-10,12H2,1H3,(H2,18,20). The van der Waals surface area contributed by atoms with Crippen molar-refractivity contribution in [3.8, 4) is 0 Å². The van der Waals surface area contributed by atoms with Crippen LogP contribution in [0, 0.1) is 5.41 Å². The van der Waals surface area contributed by atoms with Crippen LogP contribution in [0.15, 0.2) is 18.2 Å². The molecule has 1 aromatic carbocycles. The van der Waals surface area contributed by atoms with Crippen molar-refractivity contribution in [2.45, 2.75) is 45.6 Å². The predicted molar refractivity (Wildman–Crippen MR) is 87.9 cm³/mol. The molecule has 0 unspecified atom stereocenters. The molecule has 0 radical (unpaired) electrons. The molecule has 0 saturated carbocycles. The third-order valence-electron chi connectivity index (χ3n) is 5.12. The minimum atomic E-state index is 0.0732. The predicted octanol–water partition coefficient (Wildman–Crippen LogP) is 3.06. The van der Waals surface area contributed by atoms with E-state index in [4.69, 9.17) is 18.0 Å². The molecule has 3 rings (SSSR count). The Kier molecular flexibility index (Phi) is 3.83. The maximum Gasteiger partial charge on any atom is 0.0788 e. The molecule has 1 aliphatic carbocycles. The van der Waals surface area contributed by atoms with Gasteiger partial charge in [-0.2, -0.15) is 0 Å².